The first kappa shape index (κ1) is 20.4. The van der Waals surface area contributed by atoms with E-state index < -0.39 is 29.4 Å². The molecule has 0 aliphatic rings. The number of pyridine rings is 1. The van der Waals surface area contributed by atoms with Gasteiger partial charge in [0.2, 0.25) is 0 Å². The van der Waals surface area contributed by atoms with Gasteiger partial charge in [0.1, 0.15) is 16.9 Å². The Labute approximate surface area is 147 Å². The third-order valence-corrected chi connectivity index (χ3v) is 2.55. The number of carbonyl (C=O) groups is 3. The fourth-order valence-corrected chi connectivity index (χ4v) is 1.64. The molecule has 1 aromatic rings. The molecule has 0 atom stereocenters. The molecule has 0 saturated carbocycles. The number of aromatic nitrogens is 1. The largest absolute Gasteiger partial charge is 0.464 e. The lowest BCUT2D eigenvalue weighted by atomic mass is 10.2. The highest BCUT2D eigenvalue weighted by molar-refractivity contribution is 6.09. The molecule has 0 saturated heterocycles. The van der Waals surface area contributed by atoms with Gasteiger partial charge in [-0.25, -0.2) is 19.4 Å². The number of carbonyl (C=O) groups excluding carboxylic acids is 3. The van der Waals surface area contributed by atoms with Gasteiger partial charge in [-0.3, -0.25) is 0 Å². The van der Waals surface area contributed by atoms with Crippen molar-refractivity contribution in [2.75, 3.05) is 12.0 Å². The molecule has 8 nitrogen and oxygen atoms in total. The SMILES string of the molecule is COC(=O)c1ccc(N(C(=O)OC(C)(C)C)C(=O)OC(C)(C)C)cn1. The van der Waals surface area contributed by atoms with E-state index in [-0.39, 0.29) is 11.4 Å². The van der Waals surface area contributed by atoms with Gasteiger partial charge in [-0.2, -0.15) is 4.90 Å². The van der Waals surface area contributed by atoms with Crippen LogP contribution in [0.4, 0.5) is 15.3 Å². The summed E-state index contributed by atoms with van der Waals surface area (Å²) in [6.07, 6.45) is -0.621. The molecule has 1 rings (SSSR count). The van der Waals surface area contributed by atoms with Gasteiger partial charge in [-0.15, -0.1) is 0 Å². The normalized spacial score (nSPS) is 11.5. The number of hydrogen-bond donors (Lipinski definition) is 0. The van der Waals surface area contributed by atoms with Gasteiger partial charge < -0.3 is 14.2 Å². The molecule has 25 heavy (non-hydrogen) atoms. The highest BCUT2D eigenvalue weighted by atomic mass is 16.6. The standard InChI is InChI=1S/C17H24N2O6/c1-16(2,3)24-14(21)19(15(22)25-17(4,5)6)11-8-9-12(18-10-11)13(20)23-7/h8-10H,1-7H3. The number of amides is 2. The third kappa shape index (κ3) is 6.40. The first-order chi connectivity index (χ1) is 11.3. The molecule has 0 unspecified atom stereocenters. The van der Waals surface area contributed by atoms with Crippen LogP contribution in [0.1, 0.15) is 52.0 Å². The van der Waals surface area contributed by atoms with E-state index in [2.05, 4.69) is 9.72 Å². The Bertz CT molecular complexity index is 613. The molecule has 1 aromatic heterocycles. The van der Waals surface area contributed by atoms with Crippen molar-refractivity contribution < 1.29 is 28.6 Å². The van der Waals surface area contributed by atoms with Crippen molar-refractivity contribution in [2.24, 2.45) is 0 Å². The van der Waals surface area contributed by atoms with Crippen molar-refractivity contribution in [3.8, 4) is 0 Å². The molecule has 1 heterocycles. The van der Waals surface area contributed by atoms with Gasteiger partial charge in [0, 0.05) is 0 Å². The Hall–Kier alpha value is -2.64. The summed E-state index contributed by atoms with van der Waals surface area (Å²) in [5, 5.41) is 0. The Morgan fingerprint density at radius 3 is 1.72 bits per heavy atom. The van der Waals surface area contributed by atoms with E-state index in [0.717, 1.165) is 4.90 Å². The van der Waals surface area contributed by atoms with Gasteiger partial charge >= 0.3 is 18.2 Å². The van der Waals surface area contributed by atoms with Crippen molar-refractivity contribution in [3.05, 3.63) is 24.0 Å². The van der Waals surface area contributed by atoms with E-state index in [1.54, 1.807) is 41.5 Å². The van der Waals surface area contributed by atoms with Gasteiger partial charge in [0.25, 0.3) is 0 Å². The molecule has 2 amide bonds. The molecule has 0 aliphatic heterocycles. The smallest absolute Gasteiger partial charge is 0.424 e. The van der Waals surface area contributed by atoms with Crippen molar-refractivity contribution in [3.63, 3.8) is 0 Å². The number of nitrogens with zero attached hydrogens (tertiary/aromatic N) is 2. The Morgan fingerprint density at radius 2 is 1.40 bits per heavy atom. The molecule has 0 spiro atoms. The lowest BCUT2D eigenvalue weighted by Crippen LogP contribution is -2.43. The number of methoxy groups -OCH3 is 1. The van der Waals surface area contributed by atoms with Crippen LogP contribution in [-0.4, -0.2) is 41.5 Å². The van der Waals surface area contributed by atoms with E-state index in [0.29, 0.717) is 0 Å². The van der Waals surface area contributed by atoms with Crippen LogP contribution in [0.5, 0.6) is 0 Å². The first-order valence-electron chi connectivity index (χ1n) is 7.64. The predicted molar refractivity (Wildman–Crippen MR) is 90.5 cm³/mol. The van der Waals surface area contributed by atoms with Gasteiger partial charge in [0.05, 0.1) is 19.0 Å². The average molecular weight is 352 g/mol. The van der Waals surface area contributed by atoms with Crippen LogP contribution in [0.25, 0.3) is 0 Å². The monoisotopic (exact) mass is 352 g/mol. The predicted octanol–water partition coefficient (Wildman–Crippen LogP) is 3.54. The van der Waals surface area contributed by atoms with E-state index in [1.807, 2.05) is 0 Å². The molecule has 0 aromatic carbocycles. The maximum Gasteiger partial charge on any atom is 0.424 e. The van der Waals surface area contributed by atoms with Crippen molar-refractivity contribution in [1.29, 1.82) is 0 Å². The topological polar surface area (TPSA) is 95.0 Å². The molecule has 0 aliphatic carbocycles. The van der Waals surface area contributed by atoms with E-state index in [9.17, 15) is 14.4 Å². The fraction of sp³-hybridized carbons (Fsp3) is 0.529. The van der Waals surface area contributed by atoms with E-state index >= 15 is 0 Å². The summed E-state index contributed by atoms with van der Waals surface area (Å²) in [5.74, 6) is -0.632. The zero-order valence-electron chi connectivity index (χ0n) is 15.6. The van der Waals surface area contributed by atoms with Crippen molar-refractivity contribution in [2.45, 2.75) is 52.7 Å². The number of imide groups is 1. The fourth-order valence-electron chi connectivity index (χ4n) is 1.64. The number of anilines is 1. The minimum Gasteiger partial charge on any atom is -0.464 e. The molecular formula is C17H24N2O6. The molecule has 0 N–H and O–H groups in total. The van der Waals surface area contributed by atoms with Crippen LogP contribution in [-0.2, 0) is 14.2 Å². The van der Waals surface area contributed by atoms with Gasteiger partial charge in [-0.05, 0) is 53.7 Å². The van der Waals surface area contributed by atoms with Crippen molar-refractivity contribution in [1.82, 2.24) is 4.98 Å². The minimum atomic E-state index is -0.908. The van der Waals surface area contributed by atoms with Crippen LogP contribution in [0.2, 0.25) is 0 Å². The second-order valence-corrected chi connectivity index (χ2v) is 7.19. The number of rotatable bonds is 2. The maximum atomic E-state index is 12.4. The second-order valence-electron chi connectivity index (χ2n) is 7.19. The summed E-state index contributed by atoms with van der Waals surface area (Å²) in [7, 11) is 1.23. The number of esters is 1. The molecule has 0 radical (unpaired) electrons. The third-order valence-electron chi connectivity index (χ3n) is 2.55. The molecule has 8 heteroatoms. The van der Waals surface area contributed by atoms with Gasteiger partial charge in [-0.1, -0.05) is 0 Å². The summed E-state index contributed by atoms with van der Waals surface area (Å²) in [4.78, 5) is 41.0. The highest BCUT2D eigenvalue weighted by Crippen LogP contribution is 2.21. The zero-order chi connectivity index (χ0) is 19.4. The van der Waals surface area contributed by atoms with E-state index in [1.165, 1.54) is 25.4 Å². The van der Waals surface area contributed by atoms with Crippen molar-refractivity contribution >= 4 is 23.8 Å². The minimum absolute atomic E-state index is 0.0413. The van der Waals surface area contributed by atoms with E-state index in [4.69, 9.17) is 9.47 Å². The molecule has 0 bridgehead atoms. The number of hydrogen-bond acceptors (Lipinski definition) is 7. The summed E-state index contributed by atoms with van der Waals surface area (Å²) in [6, 6.07) is 2.72. The summed E-state index contributed by atoms with van der Waals surface area (Å²) >= 11 is 0. The van der Waals surface area contributed by atoms with Crippen LogP contribution < -0.4 is 4.90 Å². The molecular weight excluding hydrogens is 328 g/mol. The average Bonchev–Trinajstić information content (AvgIpc) is 2.43. The van der Waals surface area contributed by atoms with Crippen LogP contribution in [0.15, 0.2) is 18.3 Å². The lowest BCUT2D eigenvalue weighted by Gasteiger charge is -2.28. The Morgan fingerprint density at radius 1 is 0.920 bits per heavy atom. The zero-order valence-corrected chi connectivity index (χ0v) is 15.6. The summed E-state index contributed by atoms with van der Waals surface area (Å²) in [6.45, 7) is 10.1. The van der Waals surface area contributed by atoms with Crippen LogP contribution in [0.3, 0.4) is 0 Å². The van der Waals surface area contributed by atoms with Gasteiger partial charge in [0.15, 0.2) is 0 Å². The summed E-state index contributed by atoms with van der Waals surface area (Å²) in [5.41, 5.74) is -1.47. The van der Waals surface area contributed by atoms with Crippen LogP contribution >= 0.6 is 0 Å². The quantitative estimate of drug-likeness (QED) is 0.593. The number of ether oxygens (including phenoxy) is 3. The lowest BCUT2D eigenvalue weighted by molar-refractivity contribution is 0.0430. The Kier molecular flexibility index (Phi) is 6.12. The highest BCUT2D eigenvalue weighted by Gasteiger charge is 2.32. The maximum absolute atomic E-state index is 12.4. The van der Waals surface area contributed by atoms with Crippen LogP contribution in [0, 0.1) is 0 Å². The molecule has 0 fully saturated rings. The first-order valence-corrected chi connectivity index (χ1v) is 7.64. The summed E-state index contributed by atoms with van der Waals surface area (Å²) < 4.78 is 15.1. The Balaban J connectivity index is 3.19. The molecule has 138 valence electrons. The second kappa shape index (κ2) is 7.50.